The molecule has 0 radical (unpaired) electrons. The first-order chi connectivity index (χ1) is 4.33. The monoisotopic (exact) mass is 145 g/mol. The van der Waals surface area contributed by atoms with E-state index < -0.39 is 0 Å². The molecule has 1 saturated heterocycles. The van der Waals surface area contributed by atoms with E-state index in [2.05, 4.69) is 30.9 Å². The van der Waals surface area contributed by atoms with E-state index in [-0.39, 0.29) is 0 Å². The molecule has 2 unspecified atom stereocenters. The molecule has 1 N–H and O–H groups in total. The fourth-order valence-corrected chi connectivity index (χ4v) is 2.12. The normalized spacial score (nSPS) is 36.7. The van der Waals surface area contributed by atoms with Crippen LogP contribution in [-0.4, -0.2) is 17.7 Å². The Labute approximate surface area is 61.6 Å². The second kappa shape index (κ2) is 3.47. The van der Waals surface area contributed by atoms with Gasteiger partial charge >= 0.3 is 0 Å². The van der Waals surface area contributed by atoms with Gasteiger partial charge in [0.1, 0.15) is 0 Å². The van der Waals surface area contributed by atoms with Gasteiger partial charge < -0.3 is 5.32 Å². The standard InChI is InChI=1S/C7H15NS/c1-3-7-8-4-6(2)5-9-7/h6-8H,3-5H2,1-2H3. The molecule has 1 fully saturated rings. The maximum atomic E-state index is 3.48. The number of hydrogen-bond acceptors (Lipinski definition) is 2. The summed E-state index contributed by atoms with van der Waals surface area (Å²) in [6.45, 7) is 5.75. The first-order valence-corrected chi connectivity index (χ1v) is 4.72. The quantitative estimate of drug-likeness (QED) is 0.602. The molecule has 54 valence electrons. The van der Waals surface area contributed by atoms with Crippen molar-refractivity contribution in [2.75, 3.05) is 12.3 Å². The van der Waals surface area contributed by atoms with Crippen molar-refractivity contribution >= 4 is 11.8 Å². The predicted molar refractivity (Wildman–Crippen MR) is 43.7 cm³/mol. The van der Waals surface area contributed by atoms with Gasteiger partial charge in [-0.1, -0.05) is 13.8 Å². The number of thioether (sulfide) groups is 1. The third kappa shape index (κ3) is 2.18. The van der Waals surface area contributed by atoms with E-state index in [4.69, 9.17) is 0 Å². The molecule has 0 bridgehead atoms. The van der Waals surface area contributed by atoms with E-state index >= 15 is 0 Å². The second-order valence-electron chi connectivity index (χ2n) is 2.74. The molecule has 9 heavy (non-hydrogen) atoms. The van der Waals surface area contributed by atoms with Gasteiger partial charge in [-0.3, -0.25) is 0 Å². The lowest BCUT2D eigenvalue weighted by molar-refractivity contribution is 0.514. The molecule has 2 heteroatoms. The van der Waals surface area contributed by atoms with Crippen LogP contribution in [0.4, 0.5) is 0 Å². The van der Waals surface area contributed by atoms with Crippen LogP contribution in [0.3, 0.4) is 0 Å². The summed E-state index contributed by atoms with van der Waals surface area (Å²) >= 11 is 2.06. The number of nitrogens with one attached hydrogen (secondary N) is 1. The Balaban J connectivity index is 2.18. The highest BCUT2D eigenvalue weighted by Crippen LogP contribution is 2.19. The highest BCUT2D eigenvalue weighted by atomic mass is 32.2. The van der Waals surface area contributed by atoms with Crippen molar-refractivity contribution < 1.29 is 0 Å². The van der Waals surface area contributed by atoms with Crippen LogP contribution >= 0.6 is 11.8 Å². The maximum Gasteiger partial charge on any atom is 0.0529 e. The molecule has 0 aromatic heterocycles. The molecule has 0 amide bonds. The minimum atomic E-state index is 0.737. The molecule has 1 nitrogen and oxygen atoms in total. The van der Waals surface area contributed by atoms with Gasteiger partial charge in [0.15, 0.2) is 0 Å². The molecule has 0 aliphatic carbocycles. The zero-order valence-corrected chi connectivity index (χ0v) is 7.00. The lowest BCUT2D eigenvalue weighted by Gasteiger charge is -2.26. The zero-order chi connectivity index (χ0) is 6.69. The average molecular weight is 145 g/mol. The van der Waals surface area contributed by atoms with E-state index in [9.17, 15) is 0 Å². The lowest BCUT2D eigenvalue weighted by atomic mass is 10.2. The van der Waals surface area contributed by atoms with Gasteiger partial charge in [0.25, 0.3) is 0 Å². The highest BCUT2D eigenvalue weighted by Gasteiger charge is 2.14. The van der Waals surface area contributed by atoms with Crippen molar-refractivity contribution in [3.63, 3.8) is 0 Å². The van der Waals surface area contributed by atoms with Crippen molar-refractivity contribution in [1.29, 1.82) is 0 Å². The molecule has 1 aliphatic rings. The summed E-state index contributed by atoms with van der Waals surface area (Å²) in [6.07, 6.45) is 1.26. The van der Waals surface area contributed by atoms with E-state index in [0.717, 1.165) is 11.3 Å². The fourth-order valence-electron chi connectivity index (χ4n) is 0.993. The van der Waals surface area contributed by atoms with E-state index in [1.165, 1.54) is 18.7 Å². The Morgan fingerprint density at radius 3 is 2.89 bits per heavy atom. The molecule has 0 spiro atoms. The van der Waals surface area contributed by atoms with Crippen LogP contribution in [0.15, 0.2) is 0 Å². The van der Waals surface area contributed by atoms with Crippen molar-refractivity contribution in [3.8, 4) is 0 Å². The van der Waals surface area contributed by atoms with E-state index in [1.54, 1.807) is 0 Å². The van der Waals surface area contributed by atoms with Crippen LogP contribution in [0.1, 0.15) is 20.3 Å². The molecule has 2 atom stereocenters. The highest BCUT2D eigenvalue weighted by molar-refractivity contribution is 7.99. The van der Waals surface area contributed by atoms with E-state index in [0.29, 0.717) is 0 Å². The molecule has 0 aromatic carbocycles. The smallest absolute Gasteiger partial charge is 0.0529 e. The molecule has 1 aliphatic heterocycles. The van der Waals surface area contributed by atoms with Crippen LogP contribution < -0.4 is 5.32 Å². The minimum absolute atomic E-state index is 0.737. The van der Waals surface area contributed by atoms with Crippen LogP contribution in [0.5, 0.6) is 0 Å². The van der Waals surface area contributed by atoms with Crippen LogP contribution in [0, 0.1) is 5.92 Å². The van der Waals surface area contributed by atoms with Crippen LogP contribution in [0.25, 0.3) is 0 Å². The molecular formula is C7H15NS. The maximum absolute atomic E-state index is 3.48. The van der Waals surface area contributed by atoms with Crippen LogP contribution in [0.2, 0.25) is 0 Å². The largest absolute Gasteiger partial charge is 0.305 e. The van der Waals surface area contributed by atoms with Crippen LogP contribution in [-0.2, 0) is 0 Å². The Hall–Kier alpha value is 0.310. The summed E-state index contributed by atoms with van der Waals surface area (Å²) in [5.74, 6) is 2.21. The first-order valence-electron chi connectivity index (χ1n) is 3.68. The summed E-state index contributed by atoms with van der Waals surface area (Å²) in [6, 6.07) is 0. The third-order valence-corrected chi connectivity index (χ3v) is 3.31. The predicted octanol–water partition coefficient (Wildman–Crippen LogP) is 1.69. The summed E-state index contributed by atoms with van der Waals surface area (Å²) in [5.41, 5.74) is 0. The topological polar surface area (TPSA) is 12.0 Å². The van der Waals surface area contributed by atoms with Gasteiger partial charge in [-0.25, -0.2) is 0 Å². The van der Waals surface area contributed by atoms with Gasteiger partial charge in [0.2, 0.25) is 0 Å². The van der Waals surface area contributed by atoms with Gasteiger partial charge in [-0.15, -0.1) is 11.8 Å². The number of rotatable bonds is 1. The molecule has 1 rings (SSSR count). The average Bonchev–Trinajstić information content (AvgIpc) is 1.90. The van der Waals surface area contributed by atoms with Crippen molar-refractivity contribution in [2.24, 2.45) is 5.92 Å². The Morgan fingerprint density at radius 2 is 2.44 bits per heavy atom. The second-order valence-corrected chi connectivity index (χ2v) is 3.98. The van der Waals surface area contributed by atoms with Gasteiger partial charge in [-0.2, -0.15) is 0 Å². The SMILES string of the molecule is CCC1NCC(C)CS1. The third-order valence-electron chi connectivity index (χ3n) is 1.65. The lowest BCUT2D eigenvalue weighted by Crippen LogP contribution is -2.36. The zero-order valence-electron chi connectivity index (χ0n) is 6.18. The van der Waals surface area contributed by atoms with Crippen molar-refractivity contribution in [2.45, 2.75) is 25.6 Å². The molecular weight excluding hydrogens is 130 g/mol. The van der Waals surface area contributed by atoms with Crippen molar-refractivity contribution in [3.05, 3.63) is 0 Å². The summed E-state index contributed by atoms with van der Waals surface area (Å²) in [5, 5.41) is 4.22. The van der Waals surface area contributed by atoms with E-state index in [1.807, 2.05) is 0 Å². The Kier molecular flexibility index (Phi) is 2.86. The Bertz CT molecular complexity index is 77.0. The van der Waals surface area contributed by atoms with Gasteiger partial charge in [0.05, 0.1) is 5.37 Å². The number of hydrogen-bond donors (Lipinski definition) is 1. The van der Waals surface area contributed by atoms with Gasteiger partial charge in [0, 0.05) is 0 Å². The summed E-state index contributed by atoms with van der Waals surface area (Å²) in [7, 11) is 0. The molecule has 1 heterocycles. The minimum Gasteiger partial charge on any atom is -0.305 e. The summed E-state index contributed by atoms with van der Waals surface area (Å²) in [4.78, 5) is 0. The Morgan fingerprint density at radius 1 is 1.67 bits per heavy atom. The van der Waals surface area contributed by atoms with Crippen molar-refractivity contribution in [1.82, 2.24) is 5.32 Å². The fraction of sp³-hybridized carbons (Fsp3) is 1.00. The molecule has 0 saturated carbocycles. The first kappa shape index (κ1) is 7.42. The molecule has 0 aromatic rings. The van der Waals surface area contributed by atoms with Gasteiger partial charge in [-0.05, 0) is 24.6 Å². The summed E-state index contributed by atoms with van der Waals surface area (Å²) < 4.78 is 0.